The van der Waals surface area contributed by atoms with Crippen molar-refractivity contribution in [1.29, 1.82) is 0 Å². The van der Waals surface area contributed by atoms with Crippen LogP contribution < -0.4 is 10.1 Å². The summed E-state index contributed by atoms with van der Waals surface area (Å²) in [5.74, 6) is 2.20. The molecule has 0 aromatic heterocycles. The topological polar surface area (TPSA) is 38.3 Å². The van der Waals surface area contributed by atoms with Gasteiger partial charge in [0.05, 0.1) is 18.9 Å². The SMILES string of the molecule is COc1ccc(CSCC(=O)NC(C)c2cc(C)ccc2C)cc1. The van der Waals surface area contributed by atoms with E-state index in [9.17, 15) is 4.79 Å². The third kappa shape index (κ3) is 5.31. The van der Waals surface area contributed by atoms with E-state index < -0.39 is 0 Å². The molecule has 0 radical (unpaired) electrons. The summed E-state index contributed by atoms with van der Waals surface area (Å²) in [5.41, 5.74) is 4.80. The second-order valence-electron chi connectivity index (χ2n) is 5.99. The number of methoxy groups -OCH3 is 1. The van der Waals surface area contributed by atoms with Crippen LogP contribution in [0.5, 0.6) is 5.75 Å². The van der Waals surface area contributed by atoms with Gasteiger partial charge in [-0.2, -0.15) is 0 Å². The molecule has 1 atom stereocenters. The summed E-state index contributed by atoms with van der Waals surface area (Å²) >= 11 is 1.62. The zero-order valence-corrected chi connectivity index (χ0v) is 15.6. The molecule has 0 heterocycles. The summed E-state index contributed by atoms with van der Waals surface area (Å²) < 4.78 is 5.14. The van der Waals surface area contributed by atoms with E-state index in [1.165, 1.54) is 22.3 Å². The summed E-state index contributed by atoms with van der Waals surface area (Å²) in [4.78, 5) is 12.2. The number of carbonyl (C=O) groups is 1. The minimum atomic E-state index is 0.0268. The summed E-state index contributed by atoms with van der Waals surface area (Å²) in [5, 5.41) is 3.09. The van der Waals surface area contributed by atoms with Crippen molar-refractivity contribution in [2.45, 2.75) is 32.6 Å². The Morgan fingerprint density at radius 3 is 2.54 bits per heavy atom. The van der Waals surface area contributed by atoms with Gasteiger partial charge in [0, 0.05) is 5.75 Å². The van der Waals surface area contributed by atoms with Crippen LogP contribution in [0.25, 0.3) is 0 Å². The van der Waals surface area contributed by atoms with Crippen molar-refractivity contribution >= 4 is 17.7 Å². The van der Waals surface area contributed by atoms with Crippen LogP contribution in [-0.2, 0) is 10.5 Å². The van der Waals surface area contributed by atoms with Crippen molar-refractivity contribution in [2.75, 3.05) is 12.9 Å². The van der Waals surface area contributed by atoms with Crippen LogP contribution in [0.15, 0.2) is 42.5 Å². The van der Waals surface area contributed by atoms with Crippen molar-refractivity contribution in [3.05, 3.63) is 64.7 Å². The van der Waals surface area contributed by atoms with Gasteiger partial charge in [-0.3, -0.25) is 4.79 Å². The molecule has 0 fully saturated rings. The molecule has 1 N–H and O–H groups in total. The Morgan fingerprint density at radius 1 is 1.17 bits per heavy atom. The number of hydrogen-bond acceptors (Lipinski definition) is 3. The largest absolute Gasteiger partial charge is 0.497 e. The lowest BCUT2D eigenvalue weighted by atomic mass is 10.00. The molecule has 128 valence electrons. The number of amides is 1. The van der Waals surface area contributed by atoms with Crippen molar-refractivity contribution < 1.29 is 9.53 Å². The fraction of sp³-hybridized carbons (Fsp3) is 0.350. The van der Waals surface area contributed by atoms with Gasteiger partial charge in [0.2, 0.25) is 5.91 Å². The van der Waals surface area contributed by atoms with E-state index in [0.717, 1.165) is 11.5 Å². The molecule has 0 spiro atoms. The number of ether oxygens (including phenoxy) is 1. The molecule has 1 amide bonds. The van der Waals surface area contributed by atoms with Gasteiger partial charge in [0.15, 0.2) is 0 Å². The lowest BCUT2D eigenvalue weighted by Gasteiger charge is -2.17. The predicted molar refractivity (Wildman–Crippen MR) is 102 cm³/mol. The van der Waals surface area contributed by atoms with Gasteiger partial charge in [-0.25, -0.2) is 0 Å². The Hall–Kier alpha value is -1.94. The molecule has 2 aromatic carbocycles. The molecule has 0 saturated carbocycles. The highest BCUT2D eigenvalue weighted by Crippen LogP contribution is 2.20. The van der Waals surface area contributed by atoms with E-state index in [-0.39, 0.29) is 11.9 Å². The van der Waals surface area contributed by atoms with E-state index in [1.807, 2.05) is 31.2 Å². The Labute approximate surface area is 148 Å². The molecule has 24 heavy (non-hydrogen) atoms. The maximum Gasteiger partial charge on any atom is 0.230 e. The van der Waals surface area contributed by atoms with Crippen LogP contribution in [0.4, 0.5) is 0 Å². The van der Waals surface area contributed by atoms with E-state index in [0.29, 0.717) is 5.75 Å². The fourth-order valence-electron chi connectivity index (χ4n) is 2.57. The summed E-state index contributed by atoms with van der Waals surface area (Å²) in [6, 6.07) is 14.3. The molecular formula is C20H25NO2S. The smallest absolute Gasteiger partial charge is 0.230 e. The highest BCUT2D eigenvalue weighted by molar-refractivity contribution is 7.99. The normalized spacial score (nSPS) is 11.8. The molecule has 0 aliphatic carbocycles. The van der Waals surface area contributed by atoms with Crippen LogP contribution in [-0.4, -0.2) is 18.8 Å². The maximum atomic E-state index is 12.2. The van der Waals surface area contributed by atoms with Gasteiger partial charge in [0.25, 0.3) is 0 Å². The molecule has 0 saturated heterocycles. The van der Waals surface area contributed by atoms with Crippen LogP contribution in [0.3, 0.4) is 0 Å². The Bertz CT molecular complexity index is 683. The molecule has 3 nitrogen and oxygen atoms in total. The average Bonchev–Trinajstić information content (AvgIpc) is 2.57. The van der Waals surface area contributed by atoms with E-state index in [4.69, 9.17) is 4.74 Å². The number of carbonyl (C=O) groups excluding carboxylic acids is 1. The number of hydrogen-bond donors (Lipinski definition) is 1. The molecule has 1 unspecified atom stereocenters. The van der Waals surface area contributed by atoms with Crippen molar-refractivity contribution in [1.82, 2.24) is 5.32 Å². The van der Waals surface area contributed by atoms with Gasteiger partial charge in [-0.15, -0.1) is 11.8 Å². The zero-order chi connectivity index (χ0) is 17.5. The van der Waals surface area contributed by atoms with E-state index in [2.05, 4.69) is 37.4 Å². The average molecular weight is 343 g/mol. The summed E-state index contributed by atoms with van der Waals surface area (Å²) in [6.45, 7) is 6.19. The highest BCUT2D eigenvalue weighted by atomic mass is 32.2. The van der Waals surface area contributed by atoms with Crippen LogP contribution in [0.2, 0.25) is 0 Å². The molecular weight excluding hydrogens is 318 g/mol. The third-order valence-electron chi connectivity index (χ3n) is 3.94. The van der Waals surface area contributed by atoms with Crippen LogP contribution >= 0.6 is 11.8 Å². The number of benzene rings is 2. The monoisotopic (exact) mass is 343 g/mol. The van der Waals surface area contributed by atoms with Gasteiger partial charge < -0.3 is 10.1 Å². The van der Waals surface area contributed by atoms with Crippen molar-refractivity contribution in [3.8, 4) is 5.75 Å². The quantitative estimate of drug-likeness (QED) is 0.808. The molecule has 0 aliphatic heterocycles. The second kappa shape index (κ2) is 8.78. The summed E-state index contributed by atoms with van der Waals surface area (Å²) in [6.07, 6.45) is 0. The highest BCUT2D eigenvalue weighted by Gasteiger charge is 2.12. The molecule has 0 bridgehead atoms. The fourth-order valence-corrected chi connectivity index (χ4v) is 3.37. The van der Waals surface area contributed by atoms with Crippen LogP contribution in [0, 0.1) is 13.8 Å². The Balaban J connectivity index is 1.81. The Morgan fingerprint density at radius 2 is 1.88 bits per heavy atom. The van der Waals surface area contributed by atoms with Gasteiger partial charge in [-0.1, -0.05) is 35.9 Å². The van der Waals surface area contributed by atoms with Crippen molar-refractivity contribution in [3.63, 3.8) is 0 Å². The summed E-state index contributed by atoms with van der Waals surface area (Å²) in [7, 11) is 1.66. The Kier molecular flexibility index (Phi) is 6.73. The molecule has 2 aromatic rings. The van der Waals surface area contributed by atoms with Crippen molar-refractivity contribution in [2.24, 2.45) is 0 Å². The molecule has 2 rings (SSSR count). The third-order valence-corrected chi connectivity index (χ3v) is 4.94. The van der Waals surface area contributed by atoms with Gasteiger partial charge in [0.1, 0.15) is 5.75 Å². The first-order chi connectivity index (χ1) is 11.5. The standard InChI is InChI=1S/C20H25NO2S/c1-14-5-6-15(2)19(11-14)16(3)21-20(22)13-24-12-17-7-9-18(23-4)10-8-17/h5-11,16H,12-13H2,1-4H3,(H,21,22). The van der Waals surface area contributed by atoms with Gasteiger partial charge in [-0.05, 0) is 49.6 Å². The first-order valence-corrected chi connectivity index (χ1v) is 9.22. The van der Waals surface area contributed by atoms with Crippen LogP contribution in [0.1, 0.15) is 35.2 Å². The lowest BCUT2D eigenvalue weighted by molar-refractivity contribution is -0.119. The number of nitrogens with one attached hydrogen (secondary N) is 1. The lowest BCUT2D eigenvalue weighted by Crippen LogP contribution is -2.28. The van der Waals surface area contributed by atoms with E-state index >= 15 is 0 Å². The molecule has 4 heteroatoms. The predicted octanol–water partition coefficient (Wildman–Crippen LogP) is 4.42. The zero-order valence-electron chi connectivity index (χ0n) is 14.8. The minimum Gasteiger partial charge on any atom is -0.497 e. The first kappa shape index (κ1) is 18.4. The van der Waals surface area contributed by atoms with E-state index in [1.54, 1.807) is 18.9 Å². The number of aryl methyl sites for hydroxylation is 2. The second-order valence-corrected chi connectivity index (χ2v) is 6.98. The first-order valence-electron chi connectivity index (χ1n) is 8.07. The number of rotatable bonds is 7. The minimum absolute atomic E-state index is 0.0268. The maximum absolute atomic E-state index is 12.2. The van der Waals surface area contributed by atoms with Gasteiger partial charge >= 0.3 is 0 Å². The molecule has 0 aliphatic rings. The number of thioether (sulfide) groups is 1.